The highest BCUT2D eigenvalue weighted by Crippen LogP contribution is 2.42. The van der Waals surface area contributed by atoms with E-state index in [0.29, 0.717) is 35.9 Å². The molecule has 33 heavy (non-hydrogen) atoms. The Morgan fingerprint density at radius 1 is 1.24 bits per heavy atom. The molecular formula is C24H20F2N4O3. The Morgan fingerprint density at radius 2 is 2.12 bits per heavy atom. The Kier molecular flexibility index (Phi) is 4.63. The van der Waals surface area contributed by atoms with Gasteiger partial charge in [0.05, 0.1) is 18.6 Å². The number of nitrogens with one attached hydrogen (secondary N) is 1. The Labute approximate surface area is 187 Å². The summed E-state index contributed by atoms with van der Waals surface area (Å²) in [6, 6.07) is 5.11. The lowest BCUT2D eigenvalue weighted by Gasteiger charge is -2.18. The minimum Gasteiger partial charge on any atom is -0.452 e. The smallest absolute Gasteiger partial charge is 0.387 e. The molecule has 1 fully saturated rings. The molecule has 3 aliphatic rings. The molecule has 1 amide bonds. The molecule has 3 aromatic rings. The molecule has 0 saturated carbocycles. The van der Waals surface area contributed by atoms with Crippen molar-refractivity contribution in [3.8, 4) is 5.75 Å². The van der Waals surface area contributed by atoms with E-state index in [-0.39, 0.29) is 35.2 Å². The van der Waals surface area contributed by atoms with Crippen LogP contribution >= 0.6 is 0 Å². The maximum absolute atomic E-state index is 13.0. The summed E-state index contributed by atoms with van der Waals surface area (Å²) in [5, 5.41) is 4.74. The van der Waals surface area contributed by atoms with Crippen molar-refractivity contribution in [3.05, 3.63) is 60.5 Å². The molecule has 1 saturated heterocycles. The third-order valence-electron chi connectivity index (χ3n) is 6.37. The van der Waals surface area contributed by atoms with Crippen LogP contribution in [0.5, 0.6) is 5.75 Å². The zero-order valence-corrected chi connectivity index (χ0v) is 17.4. The monoisotopic (exact) mass is 450 g/mol. The summed E-state index contributed by atoms with van der Waals surface area (Å²) in [5.41, 5.74) is 1.63. The first kappa shape index (κ1) is 19.9. The van der Waals surface area contributed by atoms with Crippen molar-refractivity contribution < 1.29 is 22.7 Å². The van der Waals surface area contributed by atoms with Crippen LogP contribution in [-0.2, 0) is 4.79 Å². The van der Waals surface area contributed by atoms with Crippen molar-refractivity contribution in [2.75, 3.05) is 13.1 Å². The zero-order chi connectivity index (χ0) is 22.5. The number of hydrogen-bond donors (Lipinski definition) is 1. The standard InChI is InChI=1S/C24H20F2N4O3/c25-24(26)33-19-6-5-14(22-15-10-27-8-7-18(15)32-23(19)22)13-9-21(31)30(11-13)12-20-28-16-3-1-2-4-17(16)29-20/h1-8,10,13,16-17,24H,9,11-12H2,(H,28,29). The number of carbonyl (C=O) groups excluding carboxylic acids is 1. The van der Waals surface area contributed by atoms with Gasteiger partial charge in [-0.15, -0.1) is 0 Å². The first-order valence-corrected chi connectivity index (χ1v) is 10.8. The quantitative estimate of drug-likeness (QED) is 0.640. The number of alkyl halides is 2. The van der Waals surface area contributed by atoms with Gasteiger partial charge in [-0.05, 0) is 17.7 Å². The molecule has 168 valence electrons. The van der Waals surface area contributed by atoms with Crippen molar-refractivity contribution in [1.29, 1.82) is 0 Å². The first-order chi connectivity index (χ1) is 16.1. The molecule has 9 heteroatoms. The van der Waals surface area contributed by atoms with Crippen molar-refractivity contribution in [3.63, 3.8) is 0 Å². The van der Waals surface area contributed by atoms with Gasteiger partial charge in [0, 0.05) is 42.0 Å². The topological polar surface area (TPSA) is 80.0 Å². The summed E-state index contributed by atoms with van der Waals surface area (Å²) >= 11 is 0. The molecule has 1 aliphatic carbocycles. The number of aliphatic imine (C=N–C) groups is 1. The summed E-state index contributed by atoms with van der Waals surface area (Å²) < 4.78 is 36.5. The highest BCUT2D eigenvalue weighted by atomic mass is 19.3. The van der Waals surface area contributed by atoms with Crippen LogP contribution in [-0.4, -0.2) is 53.4 Å². The lowest BCUT2D eigenvalue weighted by Crippen LogP contribution is -2.39. The number of amidine groups is 1. The van der Waals surface area contributed by atoms with Gasteiger partial charge in [0.2, 0.25) is 5.91 Å². The lowest BCUT2D eigenvalue weighted by atomic mass is 9.93. The van der Waals surface area contributed by atoms with E-state index in [2.05, 4.69) is 16.4 Å². The van der Waals surface area contributed by atoms with Crippen LogP contribution in [0.1, 0.15) is 17.9 Å². The molecule has 0 bridgehead atoms. The van der Waals surface area contributed by atoms with Gasteiger partial charge in [-0.3, -0.25) is 14.8 Å². The predicted octanol–water partition coefficient (Wildman–Crippen LogP) is 3.76. The van der Waals surface area contributed by atoms with Crippen LogP contribution in [0.15, 0.2) is 64.3 Å². The van der Waals surface area contributed by atoms with Crippen LogP contribution in [0.25, 0.3) is 21.9 Å². The SMILES string of the molecule is O=C1CC(c2ccc(OC(F)F)c3oc4ccncc4c23)CN1CC1=NC2C=CC=CC2N1. The fraction of sp³-hybridized carbons (Fsp3) is 0.292. The number of pyridine rings is 1. The van der Waals surface area contributed by atoms with Crippen LogP contribution in [0.2, 0.25) is 0 Å². The van der Waals surface area contributed by atoms with Crippen LogP contribution in [0, 0.1) is 0 Å². The molecule has 3 atom stereocenters. The third kappa shape index (κ3) is 3.44. The minimum absolute atomic E-state index is 0.0254. The molecule has 3 unspecified atom stereocenters. The first-order valence-electron chi connectivity index (χ1n) is 10.8. The average molecular weight is 450 g/mol. The molecule has 0 radical (unpaired) electrons. The van der Waals surface area contributed by atoms with Gasteiger partial charge >= 0.3 is 6.61 Å². The van der Waals surface area contributed by atoms with E-state index in [9.17, 15) is 13.6 Å². The predicted molar refractivity (Wildman–Crippen MR) is 119 cm³/mol. The second-order valence-corrected chi connectivity index (χ2v) is 8.39. The molecule has 2 aliphatic heterocycles. The number of furan rings is 1. The lowest BCUT2D eigenvalue weighted by molar-refractivity contribution is -0.127. The molecule has 7 nitrogen and oxygen atoms in total. The third-order valence-corrected chi connectivity index (χ3v) is 6.37. The van der Waals surface area contributed by atoms with Crippen molar-refractivity contribution in [2.45, 2.75) is 31.0 Å². The van der Waals surface area contributed by atoms with E-state index in [1.54, 1.807) is 29.4 Å². The summed E-state index contributed by atoms with van der Waals surface area (Å²) in [6.45, 7) is -2.06. The highest BCUT2D eigenvalue weighted by molar-refractivity contribution is 6.08. The van der Waals surface area contributed by atoms with E-state index in [1.807, 2.05) is 18.2 Å². The number of carbonyl (C=O) groups is 1. The molecule has 0 spiro atoms. The minimum atomic E-state index is -2.97. The number of benzene rings is 1. The molecule has 2 aromatic heterocycles. The number of likely N-dealkylation sites (tertiary alicyclic amines) is 1. The fourth-order valence-corrected chi connectivity index (χ4v) is 4.92. The van der Waals surface area contributed by atoms with E-state index in [1.165, 1.54) is 6.07 Å². The molecule has 4 heterocycles. The normalized spacial score (nSPS) is 24.1. The number of halogens is 2. The van der Waals surface area contributed by atoms with E-state index in [0.717, 1.165) is 11.4 Å². The number of rotatable bonds is 5. The number of aromatic nitrogens is 1. The van der Waals surface area contributed by atoms with Crippen molar-refractivity contribution in [1.82, 2.24) is 15.2 Å². The van der Waals surface area contributed by atoms with E-state index < -0.39 is 6.61 Å². The van der Waals surface area contributed by atoms with Crippen molar-refractivity contribution in [2.24, 2.45) is 4.99 Å². The maximum Gasteiger partial charge on any atom is 0.387 e. The number of allylic oxidation sites excluding steroid dienone is 2. The van der Waals surface area contributed by atoms with Gasteiger partial charge in [0.25, 0.3) is 0 Å². The summed E-state index contributed by atoms with van der Waals surface area (Å²) in [4.78, 5) is 23.5. The number of hydrogen-bond acceptors (Lipinski definition) is 6. The highest BCUT2D eigenvalue weighted by Gasteiger charge is 2.35. The zero-order valence-electron chi connectivity index (χ0n) is 17.4. The van der Waals surface area contributed by atoms with Crippen LogP contribution in [0.3, 0.4) is 0 Å². The summed E-state index contributed by atoms with van der Waals surface area (Å²) in [5.74, 6) is 0.663. The molecule has 6 rings (SSSR count). The van der Waals surface area contributed by atoms with Gasteiger partial charge in [0.1, 0.15) is 11.4 Å². The Balaban J connectivity index is 1.32. The van der Waals surface area contributed by atoms with Gasteiger partial charge in [-0.25, -0.2) is 0 Å². The van der Waals surface area contributed by atoms with Crippen molar-refractivity contribution >= 4 is 33.7 Å². The second-order valence-electron chi connectivity index (χ2n) is 8.39. The number of nitrogens with zero attached hydrogens (tertiary/aromatic N) is 3. The van der Waals surface area contributed by atoms with Gasteiger partial charge in [-0.1, -0.05) is 30.4 Å². The average Bonchev–Trinajstić information content (AvgIpc) is 3.49. The van der Waals surface area contributed by atoms with Crippen LogP contribution < -0.4 is 10.1 Å². The molecular weight excluding hydrogens is 430 g/mol. The summed E-state index contributed by atoms with van der Waals surface area (Å²) in [7, 11) is 0. The maximum atomic E-state index is 13.0. The summed E-state index contributed by atoms with van der Waals surface area (Å²) in [6.07, 6.45) is 11.6. The number of amides is 1. The largest absolute Gasteiger partial charge is 0.452 e. The molecule has 1 aromatic carbocycles. The fourth-order valence-electron chi connectivity index (χ4n) is 4.92. The Bertz CT molecular complexity index is 1350. The molecule has 1 N–H and O–H groups in total. The Morgan fingerprint density at radius 3 is 2.97 bits per heavy atom. The van der Waals surface area contributed by atoms with E-state index >= 15 is 0 Å². The van der Waals surface area contributed by atoms with Gasteiger partial charge in [-0.2, -0.15) is 8.78 Å². The number of fused-ring (bicyclic) bond motifs is 4. The second kappa shape index (κ2) is 7.68. The van der Waals surface area contributed by atoms with E-state index in [4.69, 9.17) is 14.1 Å². The van der Waals surface area contributed by atoms with Gasteiger partial charge in [0.15, 0.2) is 11.3 Å². The van der Waals surface area contributed by atoms with Gasteiger partial charge < -0.3 is 19.4 Å². The number of ether oxygens (including phenoxy) is 1. The van der Waals surface area contributed by atoms with Crippen LogP contribution in [0.4, 0.5) is 8.78 Å². The Hall–Kier alpha value is -3.75.